The first-order valence-corrected chi connectivity index (χ1v) is 12.4. The fourth-order valence-corrected chi connectivity index (χ4v) is 3.08. The third-order valence-electron chi connectivity index (χ3n) is 5.01. The maximum Gasteiger partial charge on any atom is 0.161 e. The van der Waals surface area contributed by atoms with Crippen LogP contribution < -0.4 is 9.47 Å². The molecule has 2 atom stereocenters. The molecule has 6 heteroatoms. The molecule has 0 aromatic heterocycles. The number of ether oxygens (including phenoxy) is 6. The summed E-state index contributed by atoms with van der Waals surface area (Å²) < 4.78 is 34.3. The zero-order chi connectivity index (χ0) is 23.3. The normalized spacial score (nSPS) is 13.1. The SMILES string of the molecule is CCCCC(C)OCCOCCOc1ccccc1OCCOCCOC(C)CCCC. The molecule has 0 radical (unpaired) electrons. The summed E-state index contributed by atoms with van der Waals surface area (Å²) in [6, 6.07) is 7.67. The van der Waals surface area contributed by atoms with E-state index in [1.807, 2.05) is 24.3 Å². The molecule has 0 fully saturated rings. The largest absolute Gasteiger partial charge is 0.487 e. The van der Waals surface area contributed by atoms with Crippen LogP contribution in [-0.2, 0) is 18.9 Å². The molecule has 0 aliphatic carbocycles. The van der Waals surface area contributed by atoms with Crippen LogP contribution in [0.15, 0.2) is 24.3 Å². The molecule has 1 aromatic rings. The molecule has 6 nitrogen and oxygen atoms in total. The first kappa shape index (κ1) is 28.7. The number of unbranched alkanes of at least 4 members (excludes halogenated alkanes) is 2. The van der Waals surface area contributed by atoms with Gasteiger partial charge in [0.25, 0.3) is 0 Å². The van der Waals surface area contributed by atoms with Crippen molar-refractivity contribution in [3.05, 3.63) is 24.3 Å². The highest BCUT2D eigenvalue weighted by Crippen LogP contribution is 2.26. The zero-order valence-corrected chi connectivity index (χ0v) is 20.8. The van der Waals surface area contributed by atoms with E-state index < -0.39 is 0 Å². The molecule has 0 amide bonds. The molecule has 0 saturated heterocycles. The van der Waals surface area contributed by atoms with Crippen molar-refractivity contribution in [2.24, 2.45) is 0 Å². The fraction of sp³-hybridized carbons (Fsp3) is 0.769. The van der Waals surface area contributed by atoms with Crippen molar-refractivity contribution in [2.45, 2.75) is 78.4 Å². The van der Waals surface area contributed by atoms with Crippen molar-refractivity contribution < 1.29 is 28.4 Å². The quantitative estimate of drug-likeness (QED) is 0.211. The lowest BCUT2D eigenvalue weighted by Crippen LogP contribution is -2.16. The Kier molecular flexibility index (Phi) is 18.2. The number of rotatable bonds is 22. The second kappa shape index (κ2) is 20.3. The highest BCUT2D eigenvalue weighted by Gasteiger charge is 2.05. The average Bonchev–Trinajstić information content (AvgIpc) is 2.80. The van der Waals surface area contributed by atoms with Crippen LogP contribution in [-0.4, -0.2) is 65.1 Å². The number of hydrogen-bond donors (Lipinski definition) is 0. The molecule has 0 bridgehead atoms. The van der Waals surface area contributed by atoms with E-state index in [-0.39, 0.29) is 0 Å². The monoisotopic (exact) mass is 454 g/mol. The third kappa shape index (κ3) is 15.5. The third-order valence-corrected chi connectivity index (χ3v) is 5.01. The van der Waals surface area contributed by atoms with Crippen LogP contribution in [0.5, 0.6) is 11.5 Å². The molecular formula is C26H46O6. The van der Waals surface area contributed by atoms with Crippen LogP contribution in [0.2, 0.25) is 0 Å². The van der Waals surface area contributed by atoms with Gasteiger partial charge in [0.1, 0.15) is 13.2 Å². The minimum absolute atomic E-state index is 0.296. The summed E-state index contributed by atoms with van der Waals surface area (Å²) in [6.07, 6.45) is 7.61. The molecule has 0 aliphatic heterocycles. The molecule has 1 rings (SSSR count). The lowest BCUT2D eigenvalue weighted by molar-refractivity contribution is 0.000996. The van der Waals surface area contributed by atoms with Crippen molar-refractivity contribution in [2.75, 3.05) is 52.9 Å². The second-order valence-corrected chi connectivity index (χ2v) is 8.02. The number of hydrogen-bond acceptors (Lipinski definition) is 6. The summed E-state index contributed by atoms with van der Waals surface area (Å²) in [5.74, 6) is 1.43. The standard InChI is InChI=1S/C26H46O6/c1-5-7-11-23(3)29-19-15-27-17-21-31-25-13-9-10-14-26(25)32-22-18-28-16-20-30-24(4)12-8-6-2/h9-10,13-14,23-24H,5-8,11-12,15-22H2,1-4H3. The second-order valence-electron chi connectivity index (χ2n) is 8.02. The predicted octanol–water partition coefficient (Wildman–Crippen LogP) is 5.67. The van der Waals surface area contributed by atoms with Gasteiger partial charge in [-0.25, -0.2) is 0 Å². The molecule has 0 spiro atoms. The minimum Gasteiger partial charge on any atom is -0.487 e. The Balaban J connectivity index is 2.08. The van der Waals surface area contributed by atoms with Crippen LogP contribution in [0.4, 0.5) is 0 Å². The van der Waals surface area contributed by atoms with Gasteiger partial charge in [-0.1, -0.05) is 51.7 Å². The van der Waals surface area contributed by atoms with Crippen LogP contribution in [0.3, 0.4) is 0 Å². The topological polar surface area (TPSA) is 55.4 Å². The van der Waals surface area contributed by atoms with E-state index in [0.29, 0.717) is 76.6 Å². The number of para-hydroxylation sites is 2. The highest BCUT2D eigenvalue weighted by molar-refractivity contribution is 5.39. The van der Waals surface area contributed by atoms with Crippen molar-refractivity contribution in [1.29, 1.82) is 0 Å². The Labute approximate surface area is 195 Å². The van der Waals surface area contributed by atoms with Crippen LogP contribution in [0.25, 0.3) is 0 Å². The van der Waals surface area contributed by atoms with Crippen molar-refractivity contribution >= 4 is 0 Å². The summed E-state index contributed by atoms with van der Waals surface area (Å²) in [5.41, 5.74) is 0. The number of benzene rings is 1. The van der Waals surface area contributed by atoms with Gasteiger partial charge < -0.3 is 28.4 Å². The van der Waals surface area contributed by atoms with Crippen molar-refractivity contribution in [1.82, 2.24) is 0 Å². The molecule has 2 unspecified atom stereocenters. The lowest BCUT2D eigenvalue weighted by Gasteiger charge is -2.14. The molecule has 32 heavy (non-hydrogen) atoms. The first-order chi connectivity index (χ1) is 15.7. The van der Waals surface area contributed by atoms with Gasteiger partial charge in [0.2, 0.25) is 0 Å². The van der Waals surface area contributed by atoms with E-state index in [1.54, 1.807) is 0 Å². The smallest absolute Gasteiger partial charge is 0.161 e. The fourth-order valence-electron chi connectivity index (χ4n) is 3.08. The summed E-state index contributed by atoms with van der Waals surface area (Å²) in [7, 11) is 0. The molecule has 186 valence electrons. The van der Waals surface area contributed by atoms with Gasteiger partial charge in [-0.3, -0.25) is 0 Å². The first-order valence-electron chi connectivity index (χ1n) is 12.4. The van der Waals surface area contributed by atoms with E-state index in [1.165, 1.54) is 25.7 Å². The predicted molar refractivity (Wildman–Crippen MR) is 129 cm³/mol. The molecule has 0 N–H and O–H groups in total. The van der Waals surface area contributed by atoms with E-state index in [9.17, 15) is 0 Å². The summed E-state index contributed by atoms with van der Waals surface area (Å²) >= 11 is 0. The minimum atomic E-state index is 0.296. The van der Waals surface area contributed by atoms with Crippen LogP contribution in [0, 0.1) is 0 Å². The Hall–Kier alpha value is -1.34. The highest BCUT2D eigenvalue weighted by atomic mass is 16.6. The van der Waals surface area contributed by atoms with Crippen molar-refractivity contribution in [3.63, 3.8) is 0 Å². The lowest BCUT2D eigenvalue weighted by atomic mass is 10.2. The van der Waals surface area contributed by atoms with Gasteiger partial charge in [-0.2, -0.15) is 0 Å². The Morgan fingerprint density at radius 2 is 1.00 bits per heavy atom. The van der Waals surface area contributed by atoms with E-state index in [4.69, 9.17) is 28.4 Å². The van der Waals surface area contributed by atoms with Crippen molar-refractivity contribution in [3.8, 4) is 11.5 Å². The molecule has 0 saturated carbocycles. The molecule has 0 aliphatic rings. The van der Waals surface area contributed by atoms with Gasteiger partial charge in [0.05, 0.1) is 51.8 Å². The van der Waals surface area contributed by atoms with Crippen LogP contribution in [0.1, 0.15) is 66.2 Å². The summed E-state index contributed by atoms with van der Waals surface area (Å²) in [5, 5.41) is 0. The van der Waals surface area contributed by atoms with Crippen LogP contribution >= 0.6 is 0 Å². The zero-order valence-electron chi connectivity index (χ0n) is 20.8. The Bertz CT molecular complexity index is 492. The summed E-state index contributed by atoms with van der Waals surface area (Å²) in [6.45, 7) is 13.0. The molecule has 1 aromatic carbocycles. The molecule has 0 heterocycles. The Morgan fingerprint density at radius 3 is 1.41 bits per heavy atom. The van der Waals surface area contributed by atoms with Gasteiger partial charge in [0.15, 0.2) is 11.5 Å². The van der Waals surface area contributed by atoms with E-state index in [0.717, 1.165) is 12.8 Å². The summed E-state index contributed by atoms with van der Waals surface area (Å²) in [4.78, 5) is 0. The van der Waals surface area contributed by atoms with Gasteiger partial charge in [0, 0.05) is 0 Å². The average molecular weight is 455 g/mol. The maximum absolute atomic E-state index is 5.82. The van der Waals surface area contributed by atoms with E-state index in [2.05, 4.69) is 27.7 Å². The van der Waals surface area contributed by atoms with Gasteiger partial charge in [-0.15, -0.1) is 0 Å². The van der Waals surface area contributed by atoms with Gasteiger partial charge in [-0.05, 0) is 38.8 Å². The Morgan fingerprint density at radius 1 is 0.594 bits per heavy atom. The van der Waals surface area contributed by atoms with E-state index >= 15 is 0 Å². The van der Waals surface area contributed by atoms with Gasteiger partial charge >= 0.3 is 0 Å². The maximum atomic E-state index is 5.82. The molecular weight excluding hydrogens is 408 g/mol.